The number of hydrogen-bond acceptors (Lipinski definition) is 4. The van der Waals surface area contributed by atoms with Gasteiger partial charge in [-0.1, -0.05) is 30.3 Å². The molecule has 23 heavy (non-hydrogen) atoms. The van der Waals surface area contributed by atoms with E-state index in [4.69, 9.17) is 12.2 Å². The monoisotopic (exact) mass is 321 g/mol. The van der Waals surface area contributed by atoms with Gasteiger partial charge in [-0.05, 0) is 29.9 Å². The Morgan fingerprint density at radius 1 is 1.17 bits per heavy atom. The molecule has 0 radical (unpaired) electrons. The fourth-order valence-corrected chi connectivity index (χ4v) is 2.91. The van der Waals surface area contributed by atoms with Crippen LogP contribution in [0.25, 0.3) is 21.9 Å². The SMILES string of the molecule is Cn1c(=S)[nH]c2cc3c(NCc4ccccc4)ncnc3cc21. The molecule has 4 rings (SSSR count). The fourth-order valence-electron chi connectivity index (χ4n) is 2.70. The summed E-state index contributed by atoms with van der Waals surface area (Å²) in [5.41, 5.74) is 4.13. The maximum Gasteiger partial charge on any atom is 0.177 e. The van der Waals surface area contributed by atoms with Gasteiger partial charge in [-0.15, -0.1) is 0 Å². The lowest BCUT2D eigenvalue weighted by Crippen LogP contribution is -2.02. The summed E-state index contributed by atoms with van der Waals surface area (Å²) in [6, 6.07) is 14.3. The van der Waals surface area contributed by atoms with E-state index >= 15 is 0 Å². The van der Waals surface area contributed by atoms with Crippen molar-refractivity contribution in [3.05, 3.63) is 59.1 Å². The number of nitrogens with zero attached hydrogens (tertiary/aromatic N) is 3. The molecule has 2 heterocycles. The van der Waals surface area contributed by atoms with E-state index in [0.717, 1.165) is 34.3 Å². The first-order valence-corrected chi connectivity index (χ1v) is 7.74. The molecule has 2 N–H and O–H groups in total. The molecule has 4 aromatic rings. The lowest BCUT2D eigenvalue weighted by molar-refractivity contribution is 0.927. The van der Waals surface area contributed by atoms with Gasteiger partial charge >= 0.3 is 0 Å². The largest absolute Gasteiger partial charge is 0.365 e. The summed E-state index contributed by atoms with van der Waals surface area (Å²) in [6.45, 7) is 0.718. The van der Waals surface area contributed by atoms with E-state index in [1.165, 1.54) is 5.56 Å². The summed E-state index contributed by atoms with van der Waals surface area (Å²) in [5.74, 6) is 0.823. The lowest BCUT2D eigenvalue weighted by Gasteiger charge is -2.08. The van der Waals surface area contributed by atoms with Crippen molar-refractivity contribution in [3.8, 4) is 0 Å². The molecule has 0 aliphatic carbocycles. The Balaban J connectivity index is 1.79. The Bertz CT molecular complexity index is 1050. The summed E-state index contributed by atoms with van der Waals surface area (Å²) in [4.78, 5) is 12.0. The standard InChI is InChI=1S/C17H15N5S/c1-22-15-8-13-12(7-14(15)21-17(22)23)16(20-10-19-13)18-9-11-5-3-2-4-6-11/h2-8,10H,9H2,1H3,(H,21,23)(H,18,19,20). The molecule has 0 amide bonds. The van der Waals surface area contributed by atoms with Crippen LogP contribution < -0.4 is 5.32 Å². The number of aromatic nitrogens is 4. The average molecular weight is 321 g/mol. The van der Waals surface area contributed by atoms with Crippen molar-refractivity contribution in [2.24, 2.45) is 7.05 Å². The molecule has 0 fully saturated rings. The van der Waals surface area contributed by atoms with Crippen LogP contribution in [0.1, 0.15) is 5.56 Å². The van der Waals surface area contributed by atoms with Gasteiger partial charge in [-0.25, -0.2) is 9.97 Å². The highest BCUT2D eigenvalue weighted by Crippen LogP contribution is 2.25. The fraction of sp³-hybridized carbons (Fsp3) is 0.118. The first-order chi connectivity index (χ1) is 11.2. The molecular weight excluding hydrogens is 306 g/mol. The van der Waals surface area contributed by atoms with E-state index in [9.17, 15) is 0 Å². The van der Waals surface area contributed by atoms with Crippen molar-refractivity contribution >= 4 is 40.0 Å². The van der Waals surface area contributed by atoms with Crippen LogP contribution >= 0.6 is 12.2 Å². The zero-order valence-electron chi connectivity index (χ0n) is 12.6. The van der Waals surface area contributed by atoms with Crippen LogP contribution in [0.15, 0.2) is 48.8 Å². The number of H-pyrrole nitrogens is 1. The summed E-state index contributed by atoms with van der Waals surface area (Å²) < 4.78 is 2.64. The molecule has 0 bridgehead atoms. The Morgan fingerprint density at radius 3 is 2.83 bits per heavy atom. The normalized spacial score (nSPS) is 11.2. The minimum Gasteiger partial charge on any atom is -0.365 e. The Hall–Kier alpha value is -2.73. The second-order valence-electron chi connectivity index (χ2n) is 5.44. The van der Waals surface area contributed by atoms with Gasteiger partial charge in [-0.3, -0.25) is 0 Å². The number of hydrogen-bond donors (Lipinski definition) is 2. The molecule has 0 spiro atoms. The van der Waals surface area contributed by atoms with Crippen LogP contribution in [0.4, 0.5) is 5.82 Å². The molecule has 0 aliphatic rings. The molecule has 5 nitrogen and oxygen atoms in total. The van der Waals surface area contributed by atoms with Crippen molar-refractivity contribution in [1.29, 1.82) is 0 Å². The molecule has 6 heteroatoms. The number of benzene rings is 2. The Labute approximate surface area is 138 Å². The number of fused-ring (bicyclic) bond motifs is 2. The van der Waals surface area contributed by atoms with Gasteiger partial charge in [0.05, 0.1) is 16.6 Å². The van der Waals surface area contributed by atoms with Crippen LogP contribution in [-0.2, 0) is 13.6 Å². The smallest absolute Gasteiger partial charge is 0.177 e. The van der Waals surface area contributed by atoms with E-state index in [-0.39, 0.29) is 0 Å². The van der Waals surface area contributed by atoms with Gasteiger partial charge in [0.25, 0.3) is 0 Å². The molecule has 0 atom stereocenters. The topological polar surface area (TPSA) is 58.5 Å². The number of aryl methyl sites for hydroxylation is 1. The quantitative estimate of drug-likeness (QED) is 0.564. The number of rotatable bonds is 3. The highest BCUT2D eigenvalue weighted by Gasteiger charge is 2.08. The van der Waals surface area contributed by atoms with E-state index in [1.54, 1.807) is 6.33 Å². The number of aromatic amines is 1. The molecule has 0 aliphatic heterocycles. The molecule has 0 saturated heterocycles. The molecule has 0 unspecified atom stereocenters. The molecular formula is C17H15N5S. The van der Waals surface area contributed by atoms with Gasteiger partial charge in [0.1, 0.15) is 12.1 Å². The number of imidazole rings is 1. The number of anilines is 1. The zero-order chi connectivity index (χ0) is 15.8. The lowest BCUT2D eigenvalue weighted by atomic mass is 10.2. The van der Waals surface area contributed by atoms with Crippen LogP contribution in [0.5, 0.6) is 0 Å². The molecule has 2 aromatic heterocycles. The van der Waals surface area contributed by atoms with Crippen molar-refractivity contribution in [3.63, 3.8) is 0 Å². The predicted octanol–water partition coefficient (Wildman–Crippen LogP) is 3.79. The first kappa shape index (κ1) is 13.9. The van der Waals surface area contributed by atoms with Crippen molar-refractivity contribution in [2.75, 3.05) is 5.32 Å². The predicted molar refractivity (Wildman–Crippen MR) is 95.0 cm³/mol. The van der Waals surface area contributed by atoms with Gasteiger partial charge in [0, 0.05) is 19.0 Å². The molecule has 0 saturated carbocycles. The van der Waals surface area contributed by atoms with E-state index in [0.29, 0.717) is 4.77 Å². The van der Waals surface area contributed by atoms with Gasteiger partial charge < -0.3 is 14.9 Å². The molecule has 2 aromatic carbocycles. The third-order valence-electron chi connectivity index (χ3n) is 3.96. The zero-order valence-corrected chi connectivity index (χ0v) is 13.4. The minimum absolute atomic E-state index is 0.696. The maximum absolute atomic E-state index is 5.30. The Morgan fingerprint density at radius 2 is 2.00 bits per heavy atom. The van der Waals surface area contributed by atoms with Crippen molar-refractivity contribution < 1.29 is 0 Å². The second kappa shape index (κ2) is 5.48. The van der Waals surface area contributed by atoms with Gasteiger partial charge in [0.2, 0.25) is 0 Å². The van der Waals surface area contributed by atoms with Crippen molar-refractivity contribution in [1.82, 2.24) is 19.5 Å². The highest BCUT2D eigenvalue weighted by atomic mass is 32.1. The third kappa shape index (κ3) is 2.47. The molecule has 114 valence electrons. The summed E-state index contributed by atoms with van der Waals surface area (Å²) in [5, 5.41) is 4.37. The third-order valence-corrected chi connectivity index (χ3v) is 4.34. The van der Waals surface area contributed by atoms with E-state index in [2.05, 4.69) is 32.4 Å². The summed E-state index contributed by atoms with van der Waals surface area (Å²) >= 11 is 5.30. The van der Waals surface area contributed by atoms with E-state index < -0.39 is 0 Å². The summed E-state index contributed by atoms with van der Waals surface area (Å²) in [7, 11) is 1.95. The van der Waals surface area contributed by atoms with Crippen molar-refractivity contribution in [2.45, 2.75) is 6.54 Å². The minimum atomic E-state index is 0.696. The highest BCUT2D eigenvalue weighted by molar-refractivity contribution is 7.71. The van der Waals surface area contributed by atoms with Gasteiger partial charge in [0.15, 0.2) is 4.77 Å². The van der Waals surface area contributed by atoms with Crippen LogP contribution in [0.2, 0.25) is 0 Å². The van der Waals surface area contributed by atoms with Crippen LogP contribution in [-0.4, -0.2) is 19.5 Å². The second-order valence-corrected chi connectivity index (χ2v) is 5.82. The van der Waals surface area contributed by atoms with E-state index in [1.807, 2.05) is 41.9 Å². The van der Waals surface area contributed by atoms with Crippen LogP contribution in [0.3, 0.4) is 0 Å². The maximum atomic E-state index is 5.30. The van der Waals surface area contributed by atoms with Crippen LogP contribution in [0, 0.1) is 4.77 Å². The van der Waals surface area contributed by atoms with Gasteiger partial charge in [-0.2, -0.15) is 0 Å². The summed E-state index contributed by atoms with van der Waals surface area (Å²) in [6.07, 6.45) is 1.59. The Kier molecular flexibility index (Phi) is 3.31. The number of nitrogens with one attached hydrogen (secondary N) is 2. The first-order valence-electron chi connectivity index (χ1n) is 7.33. The average Bonchev–Trinajstić information content (AvgIpc) is 2.86.